The Morgan fingerprint density at radius 3 is 2.70 bits per heavy atom. The number of hydrogen-bond acceptors (Lipinski definition) is 4. The zero-order valence-electron chi connectivity index (χ0n) is 12.3. The second kappa shape index (κ2) is 6.61. The van der Waals surface area contributed by atoms with E-state index < -0.39 is 0 Å². The Morgan fingerprint density at radius 1 is 1.35 bits per heavy atom. The molecule has 0 amide bonds. The van der Waals surface area contributed by atoms with Crippen molar-refractivity contribution in [2.75, 3.05) is 11.1 Å². The average molecular weight is 288 g/mol. The van der Waals surface area contributed by atoms with Crippen molar-refractivity contribution in [2.45, 2.75) is 32.9 Å². The van der Waals surface area contributed by atoms with Crippen LogP contribution in [0.5, 0.6) is 0 Å². The highest BCUT2D eigenvalue weighted by atomic mass is 32.2. The van der Waals surface area contributed by atoms with E-state index in [1.54, 1.807) is 11.8 Å². The number of H-pyrrole nitrogens is 1. The first-order valence-electron chi connectivity index (χ1n) is 6.60. The van der Waals surface area contributed by atoms with Crippen molar-refractivity contribution in [1.29, 1.82) is 0 Å². The Morgan fingerprint density at radius 2 is 2.05 bits per heavy atom. The van der Waals surface area contributed by atoms with Gasteiger partial charge in [-0.05, 0) is 38.8 Å². The van der Waals surface area contributed by atoms with Crippen molar-refractivity contribution in [3.8, 4) is 0 Å². The van der Waals surface area contributed by atoms with Gasteiger partial charge in [-0.3, -0.25) is 0 Å². The minimum absolute atomic E-state index is 0.683. The summed E-state index contributed by atoms with van der Waals surface area (Å²) in [5, 5.41) is 11.2. The minimum Gasteiger partial charge on any atom is -0.324 e. The topological polar surface area (TPSA) is 53.6 Å². The number of para-hydroxylation sites is 1. The van der Waals surface area contributed by atoms with E-state index in [9.17, 15) is 0 Å². The molecule has 2 aromatic rings. The number of rotatable bonds is 5. The third-order valence-corrected chi connectivity index (χ3v) is 4.15. The van der Waals surface area contributed by atoms with E-state index in [2.05, 4.69) is 65.5 Å². The van der Waals surface area contributed by atoms with Crippen LogP contribution in [0, 0.1) is 13.8 Å². The van der Waals surface area contributed by atoms with Crippen molar-refractivity contribution in [3.63, 3.8) is 0 Å². The monoisotopic (exact) mass is 288 g/mol. The van der Waals surface area contributed by atoms with Gasteiger partial charge in [0.05, 0.1) is 0 Å². The Kier molecular flexibility index (Phi) is 4.84. The van der Waals surface area contributed by atoms with E-state index in [-0.39, 0.29) is 0 Å². The number of nitrogens with zero attached hydrogens (tertiary/aromatic N) is 2. The lowest BCUT2D eigenvalue weighted by Crippen LogP contribution is -1.97. The molecule has 0 aliphatic carbocycles. The van der Waals surface area contributed by atoms with E-state index in [1.807, 2.05) is 6.92 Å². The van der Waals surface area contributed by atoms with E-state index in [0.717, 1.165) is 16.6 Å². The second-order valence-corrected chi connectivity index (χ2v) is 5.72. The van der Waals surface area contributed by atoms with Gasteiger partial charge >= 0.3 is 0 Å². The Hall–Kier alpha value is -1.75. The summed E-state index contributed by atoms with van der Waals surface area (Å²) >= 11 is 1.63. The van der Waals surface area contributed by atoms with Crippen LogP contribution in [-0.4, -0.2) is 20.9 Å². The highest BCUT2D eigenvalue weighted by Gasteiger charge is 2.07. The first-order chi connectivity index (χ1) is 9.60. The molecule has 20 heavy (non-hydrogen) atoms. The fourth-order valence-corrected chi connectivity index (χ4v) is 2.55. The summed E-state index contributed by atoms with van der Waals surface area (Å²) in [6.07, 6.45) is 2.11. The number of thioether (sulfide) groups is 1. The predicted octanol–water partition coefficient (Wildman–Crippen LogP) is 4.22. The number of hydrogen-bond donors (Lipinski definition) is 2. The predicted molar refractivity (Wildman–Crippen MR) is 85.7 cm³/mol. The normalized spacial score (nSPS) is 11.7. The van der Waals surface area contributed by atoms with Gasteiger partial charge in [0.15, 0.2) is 0 Å². The van der Waals surface area contributed by atoms with Crippen LogP contribution < -0.4 is 5.32 Å². The standard InChI is InChI=1S/C15H20N4S/c1-5-10(2)9-20-15-17-14(18-19-15)16-13-11(3)7-6-8-12(13)4/h5-8H,9H2,1-4H3,(H2,16,17,18,19)/b10-5+. The van der Waals surface area contributed by atoms with Crippen LogP contribution >= 0.6 is 11.8 Å². The van der Waals surface area contributed by atoms with Crippen LogP contribution in [0.25, 0.3) is 0 Å². The molecule has 1 aromatic carbocycles. The summed E-state index contributed by atoms with van der Waals surface area (Å²) in [5.74, 6) is 1.60. The van der Waals surface area contributed by atoms with Crippen LogP contribution in [0.1, 0.15) is 25.0 Å². The molecule has 1 aromatic heterocycles. The molecule has 0 saturated carbocycles. The summed E-state index contributed by atoms with van der Waals surface area (Å²) in [7, 11) is 0. The molecule has 5 heteroatoms. The van der Waals surface area contributed by atoms with E-state index in [1.165, 1.54) is 16.7 Å². The highest BCUT2D eigenvalue weighted by molar-refractivity contribution is 7.99. The molecule has 0 spiro atoms. The third-order valence-electron chi connectivity index (χ3n) is 3.11. The quantitative estimate of drug-likeness (QED) is 0.639. The SMILES string of the molecule is C/C=C(\C)CSc1n[nH]c(Nc2c(C)cccc2C)n1. The second-order valence-electron chi connectivity index (χ2n) is 4.78. The molecule has 0 fully saturated rings. The highest BCUT2D eigenvalue weighted by Crippen LogP contribution is 2.24. The maximum absolute atomic E-state index is 4.45. The van der Waals surface area contributed by atoms with Gasteiger partial charge in [0.25, 0.3) is 0 Å². The molecule has 0 saturated heterocycles. The van der Waals surface area contributed by atoms with Crippen molar-refractivity contribution < 1.29 is 0 Å². The average Bonchev–Trinajstić information content (AvgIpc) is 2.88. The number of aromatic nitrogens is 3. The van der Waals surface area contributed by atoms with Gasteiger partial charge in [0.2, 0.25) is 11.1 Å². The number of aryl methyl sites for hydroxylation is 2. The molecule has 106 valence electrons. The molecule has 0 bridgehead atoms. The number of benzene rings is 1. The molecule has 4 nitrogen and oxygen atoms in total. The summed E-state index contributed by atoms with van der Waals surface area (Å²) in [6, 6.07) is 6.21. The van der Waals surface area contributed by atoms with E-state index >= 15 is 0 Å². The Balaban J connectivity index is 2.06. The number of allylic oxidation sites excluding steroid dienone is 1. The number of anilines is 2. The molecule has 2 N–H and O–H groups in total. The van der Waals surface area contributed by atoms with Crippen LogP contribution in [0.15, 0.2) is 35.0 Å². The molecule has 0 atom stereocenters. The lowest BCUT2D eigenvalue weighted by Gasteiger charge is -2.09. The fourth-order valence-electron chi connectivity index (χ4n) is 1.76. The van der Waals surface area contributed by atoms with Crippen molar-refractivity contribution >= 4 is 23.4 Å². The summed E-state index contributed by atoms with van der Waals surface area (Å²) in [5.41, 5.74) is 4.80. The third kappa shape index (κ3) is 3.63. The lowest BCUT2D eigenvalue weighted by molar-refractivity contribution is 0.974. The van der Waals surface area contributed by atoms with Gasteiger partial charge in [0, 0.05) is 11.4 Å². The lowest BCUT2D eigenvalue weighted by atomic mass is 10.1. The zero-order chi connectivity index (χ0) is 14.5. The fraction of sp³-hybridized carbons (Fsp3) is 0.333. The number of aromatic amines is 1. The van der Waals surface area contributed by atoms with Gasteiger partial charge in [-0.15, -0.1) is 5.10 Å². The molecular weight excluding hydrogens is 268 g/mol. The van der Waals surface area contributed by atoms with Crippen molar-refractivity contribution in [1.82, 2.24) is 15.2 Å². The molecule has 0 aliphatic rings. The van der Waals surface area contributed by atoms with Gasteiger partial charge in [0.1, 0.15) is 0 Å². The molecule has 0 unspecified atom stereocenters. The van der Waals surface area contributed by atoms with Gasteiger partial charge < -0.3 is 5.32 Å². The van der Waals surface area contributed by atoms with Crippen LogP contribution in [-0.2, 0) is 0 Å². The summed E-state index contributed by atoms with van der Waals surface area (Å²) < 4.78 is 0. The largest absolute Gasteiger partial charge is 0.324 e. The van der Waals surface area contributed by atoms with Gasteiger partial charge in [-0.2, -0.15) is 4.98 Å². The molecule has 1 heterocycles. The van der Waals surface area contributed by atoms with Crippen LogP contribution in [0.3, 0.4) is 0 Å². The molecule has 0 radical (unpaired) electrons. The van der Waals surface area contributed by atoms with Crippen LogP contribution in [0.2, 0.25) is 0 Å². The van der Waals surface area contributed by atoms with E-state index in [4.69, 9.17) is 0 Å². The van der Waals surface area contributed by atoms with E-state index in [0.29, 0.717) is 5.95 Å². The summed E-state index contributed by atoms with van der Waals surface area (Å²) in [6.45, 7) is 8.31. The first kappa shape index (κ1) is 14.7. The first-order valence-corrected chi connectivity index (χ1v) is 7.59. The molecular formula is C15H20N4S. The van der Waals surface area contributed by atoms with Crippen molar-refractivity contribution in [3.05, 3.63) is 41.0 Å². The molecule has 2 rings (SSSR count). The smallest absolute Gasteiger partial charge is 0.224 e. The Bertz CT molecular complexity index is 596. The maximum Gasteiger partial charge on any atom is 0.224 e. The van der Waals surface area contributed by atoms with Crippen LogP contribution in [0.4, 0.5) is 11.6 Å². The molecule has 0 aliphatic heterocycles. The summed E-state index contributed by atoms with van der Waals surface area (Å²) in [4.78, 5) is 4.45. The van der Waals surface area contributed by atoms with Crippen molar-refractivity contribution in [2.24, 2.45) is 0 Å². The van der Waals surface area contributed by atoms with Gasteiger partial charge in [-0.25, -0.2) is 5.10 Å². The Labute approximate surface area is 124 Å². The van der Waals surface area contributed by atoms with Gasteiger partial charge in [-0.1, -0.05) is 41.6 Å². The number of nitrogens with one attached hydrogen (secondary N) is 2. The maximum atomic E-state index is 4.45. The zero-order valence-corrected chi connectivity index (χ0v) is 13.1. The minimum atomic E-state index is 0.683.